The van der Waals surface area contributed by atoms with Crippen LogP contribution in [-0.2, 0) is 0 Å². The van der Waals surface area contributed by atoms with Gasteiger partial charge in [0, 0.05) is 17.8 Å². The fourth-order valence-electron chi connectivity index (χ4n) is 1.60. The maximum absolute atomic E-state index is 13.0. The zero-order chi connectivity index (χ0) is 14.7. The predicted molar refractivity (Wildman–Crippen MR) is 69.0 cm³/mol. The number of aromatic hydroxyl groups is 1. The summed E-state index contributed by atoms with van der Waals surface area (Å²) in [5.74, 6) is -2.59. The highest BCUT2D eigenvalue weighted by Crippen LogP contribution is 2.24. The first kappa shape index (κ1) is 13.8. The molecule has 1 amide bonds. The number of hydrogen-bond donors (Lipinski definition) is 2. The van der Waals surface area contributed by atoms with Gasteiger partial charge in [0.05, 0.1) is 12.7 Å². The first-order chi connectivity index (χ1) is 9.51. The van der Waals surface area contributed by atoms with Gasteiger partial charge in [0.15, 0.2) is 11.6 Å². The molecule has 0 heterocycles. The fraction of sp³-hybridized carbons (Fsp3) is 0.0714. The fourth-order valence-corrected chi connectivity index (χ4v) is 1.60. The molecule has 0 spiro atoms. The zero-order valence-electron chi connectivity index (χ0n) is 10.5. The van der Waals surface area contributed by atoms with Crippen molar-refractivity contribution in [2.45, 2.75) is 0 Å². The summed E-state index contributed by atoms with van der Waals surface area (Å²) in [7, 11) is 1.43. The van der Waals surface area contributed by atoms with Crippen LogP contribution in [0.5, 0.6) is 11.5 Å². The lowest BCUT2D eigenvalue weighted by Crippen LogP contribution is -2.12. The molecular formula is C14H11F2NO3. The third kappa shape index (κ3) is 2.85. The van der Waals surface area contributed by atoms with Gasteiger partial charge < -0.3 is 15.2 Å². The second-order valence-corrected chi connectivity index (χ2v) is 3.97. The van der Waals surface area contributed by atoms with E-state index in [1.807, 2.05) is 0 Å². The Labute approximate surface area is 113 Å². The highest BCUT2D eigenvalue weighted by atomic mass is 19.2. The smallest absolute Gasteiger partial charge is 0.259 e. The molecule has 4 nitrogen and oxygen atoms in total. The van der Waals surface area contributed by atoms with Crippen molar-refractivity contribution in [3.63, 3.8) is 0 Å². The number of rotatable bonds is 3. The van der Waals surface area contributed by atoms with Crippen LogP contribution in [-0.4, -0.2) is 18.1 Å². The summed E-state index contributed by atoms with van der Waals surface area (Å²) in [6.07, 6.45) is 0. The van der Waals surface area contributed by atoms with E-state index in [1.165, 1.54) is 31.4 Å². The molecule has 0 unspecified atom stereocenters. The molecule has 2 aromatic carbocycles. The number of ether oxygens (including phenoxy) is 1. The minimum atomic E-state index is -1.07. The number of nitrogens with one attached hydrogen (secondary N) is 1. The lowest BCUT2D eigenvalue weighted by molar-refractivity contribution is 0.102. The predicted octanol–water partition coefficient (Wildman–Crippen LogP) is 2.93. The first-order valence-corrected chi connectivity index (χ1v) is 5.64. The number of carbonyl (C=O) groups is 1. The average molecular weight is 279 g/mol. The zero-order valence-corrected chi connectivity index (χ0v) is 10.5. The topological polar surface area (TPSA) is 58.6 Å². The highest BCUT2D eigenvalue weighted by Gasteiger charge is 2.13. The molecule has 0 saturated heterocycles. The van der Waals surface area contributed by atoms with E-state index in [-0.39, 0.29) is 17.0 Å². The number of hydrogen-bond acceptors (Lipinski definition) is 3. The molecule has 0 aliphatic heterocycles. The molecular weight excluding hydrogens is 268 g/mol. The molecule has 104 valence electrons. The van der Waals surface area contributed by atoms with Crippen LogP contribution in [0.4, 0.5) is 14.5 Å². The number of halogens is 2. The van der Waals surface area contributed by atoms with E-state index in [2.05, 4.69) is 5.32 Å². The molecule has 0 aliphatic carbocycles. The SMILES string of the molecule is COc1ccc(C(=O)Nc2ccc(F)c(F)c2)c(O)c1. The molecule has 0 radical (unpaired) electrons. The van der Waals surface area contributed by atoms with Crippen LogP contribution in [0, 0.1) is 11.6 Å². The molecule has 2 rings (SSSR count). The molecule has 6 heteroatoms. The van der Waals surface area contributed by atoms with Gasteiger partial charge in [-0.25, -0.2) is 8.78 Å². The van der Waals surface area contributed by atoms with Crippen LogP contribution in [0.3, 0.4) is 0 Å². The molecule has 0 saturated carbocycles. The minimum Gasteiger partial charge on any atom is -0.507 e. The van der Waals surface area contributed by atoms with Gasteiger partial charge in [-0.3, -0.25) is 4.79 Å². The molecule has 2 aromatic rings. The maximum atomic E-state index is 13.0. The molecule has 0 aliphatic rings. The summed E-state index contributed by atoms with van der Waals surface area (Å²) < 4.78 is 30.7. The van der Waals surface area contributed by atoms with Crippen molar-refractivity contribution in [1.82, 2.24) is 0 Å². The Morgan fingerprint density at radius 2 is 1.90 bits per heavy atom. The summed E-state index contributed by atoms with van der Waals surface area (Å²) in [6.45, 7) is 0. The van der Waals surface area contributed by atoms with E-state index in [0.29, 0.717) is 5.75 Å². The lowest BCUT2D eigenvalue weighted by Gasteiger charge is -2.08. The van der Waals surface area contributed by atoms with Gasteiger partial charge in [-0.2, -0.15) is 0 Å². The van der Waals surface area contributed by atoms with Crippen molar-refractivity contribution in [2.75, 3.05) is 12.4 Å². The van der Waals surface area contributed by atoms with Crippen LogP contribution in [0.25, 0.3) is 0 Å². The van der Waals surface area contributed by atoms with E-state index in [4.69, 9.17) is 4.74 Å². The Hall–Kier alpha value is -2.63. The Balaban J connectivity index is 2.21. The minimum absolute atomic E-state index is 0.00414. The third-order valence-electron chi connectivity index (χ3n) is 2.63. The molecule has 0 bridgehead atoms. The van der Waals surface area contributed by atoms with Crippen LogP contribution < -0.4 is 10.1 Å². The van der Waals surface area contributed by atoms with E-state index in [9.17, 15) is 18.7 Å². The van der Waals surface area contributed by atoms with Gasteiger partial charge >= 0.3 is 0 Å². The summed E-state index contributed by atoms with van der Waals surface area (Å²) in [5, 5.41) is 12.1. The van der Waals surface area contributed by atoms with Gasteiger partial charge in [0.25, 0.3) is 5.91 Å². The summed E-state index contributed by atoms with van der Waals surface area (Å²) in [5.41, 5.74) is 0.0830. The summed E-state index contributed by atoms with van der Waals surface area (Å²) in [6, 6.07) is 7.12. The summed E-state index contributed by atoms with van der Waals surface area (Å²) in [4.78, 5) is 11.9. The number of phenolic OH excluding ortho intramolecular Hbond substituents is 1. The van der Waals surface area contributed by atoms with Crippen LogP contribution in [0.15, 0.2) is 36.4 Å². The van der Waals surface area contributed by atoms with Gasteiger partial charge in [-0.05, 0) is 24.3 Å². The first-order valence-electron chi connectivity index (χ1n) is 5.64. The average Bonchev–Trinajstić information content (AvgIpc) is 2.42. The van der Waals surface area contributed by atoms with E-state index in [0.717, 1.165) is 12.1 Å². The second kappa shape index (κ2) is 5.56. The van der Waals surface area contributed by atoms with Crippen molar-refractivity contribution in [2.24, 2.45) is 0 Å². The van der Waals surface area contributed by atoms with Gasteiger partial charge in [-0.1, -0.05) is 0 Å². The number of carbonyl (C=O) groups excluding carboxylic acids is 1. The molecule has 0 atom stereocenters. The number of methoxy groups -OCH3 is 1. The Morgan fingerprint density at radius 1 is 1.15 bits per heavy atom. The molecule has 20 heavy (non-hydrogen) atoms. The number of anilines is 1. The van der Waals surface area contributed by atoms with E-state index >= 15 is 0 Å². The van der Waals surface area contributed by atoms with Crippen molar-refractivity contribution in [3.05, 3.63) is 53.6 Å². The van der Waals surface area contributed by atoms with Gasteiger partial charge in [0.2, 0.25) is 0 Å². The Kier molecular flexibility index (Phi) is 3.84. The van der Waals surface area contributed by atoms with E-state index in [1.54, 1.807) is 0 Å². The van der Waals surface area contributed by atoms with Gasteiger partial charge in [0.1, 0.15) is 11.5 Å². The van der Waals surface area contributed by atoms with Crippen molar-refractivity contribution in [3.8, 4) is 11.5 Å². The molecule has 2 N–H and O–H groups in total. The maximum Gasteiger partial charge on any atom is 0.259 e. The Bertz CT molecular complexity index is 659. The standard InChI is InChI=1S/C14H11F2NO3/c1-20-9-3-4-10(13(18)7-9)14(19)17-8-2-5-11(15)12(16)6-8/h2-7,18H,1H3,(H,17,19). The highest BCUT2D eigenvalue weighted by molar-refractivity contribution is 6.06. The number of benzene rings is 2. The van der Waals surface area contributed by atoms with Crippen molar-refractivity contribution < 1.29 is 23.4 Å². The summed E-state index contributed by atoms with van der Waals surface area (Å²) >= 11 is 0. The largest absolute Gasteiger partial charge is 0.507 e. The molecule has 0 fully saturated rings. The van der Waals surface area contributed by atoms with E-state index < -0.39 is 17.5 Å². The van der Waals surface area contributed by atoms with Gasteiger partial charge in [-0.15, -0.1) is 0 Å². The molecule has 0 aromatic heterocycles. The normalized spacial score (nSPS) is 10.2. The second-order valence-electron chi connectivity index (χ2n) is 3.97. The Morgan fingerprint density at radius 3 is 2.50 bits per heavy atom. The van der Waals surface area contributed by atoms with Crippen molar-refractivity contribution >= 4 is 11.6 Å². The monoisotopic (exact) mass is 279 g/mol. The number of amides is 1. The lowest BCUT2D eigenvalue weighted by atomic mass is 10.1. The third-order valence-corrected chi connectivity index (χ3v) is 2.63. The van der Waals surface area contributed by atoms with Crippen molar-refractivity contribution in [1.29, 1.82) is 0 Å². The van der Waals surface area contributed by atoms with Crippen LogP contribution >= 0.6 is 0 Å². The van der Waals surface area contributed by atoms with Crippen LogP contribution in [0.2, 0.25) is 0 Å². The quantitative estimate of drug-likeness (QED) is 0.908. The number of phenols is 1. The van der Waals surface area contributed by atoms with Crippen LogP contribution in [0.1, 0.15) is 10.4 Å².